The van der Waals surface area contributed by atoms with Crippen LogP contribution in [0, 0.1) is 11.3 Å². The molecule has 0 aromatic rings. The zero-order valence-corrected chi connectivity index (χ0v) is 18.4. The molecule has 0 amide bonds. The van der Waals surface area contributed by atoms with E-state index in [1.54, 1.807) is 7.11 Å². The third kappa shape index (κ3) is 5.57. The maximum absolute atomic E-state index is 12.4. The van der Waals surface area contributed by atoms with Gasteiger partial charge < -0.3 is 14.2 Å². The monoisotopic (exact) mass is 390 g/mol. The molecule has 1 saturated carbocycles. The van der Waals surface area contributed by atoms with Crippen molar-refractivity contribution in [2.45, 2.75) is 78.2 Å². The molecule has 0 aromatic heterocycles. The van der Waals surface area contributed by atoms with Crippen molar-refractivity contribution in [1.82, 2.24) is 0 Å². The normalized spacial score (nSPS) is 30.5. The molecule has 1 fully saturated rings. The van der Waals surface area contributed by atoms with E-state index in [-0.39, 0.29) is 23.8 Å². The van der Waals surface area contributed by atoms with E-state index in [9.17, 15) is 4.79 Å². The average Bonchev–Trinajstić information content (AvgIpc) is 2.97. The SMILES string of the molecule is C=C1CC/C=C(/C(=O)OCC)C/C=C2\[C@H](C(C)(C)OCOC)CC[C@@]2(C)CC1. The number of methoxy groups -OCH3 is 1. The first-order chi connectivity index (χ1) is 13.2. The Kier molecular flexibility index (Phi) is 8.08. The second-order valence-electron chi connectivity index (χ2n) is 8.91. The predicted octanol–water partition coefficient (Wildman–Crippen LogP) is 5.74. The summed E-state index contributed by atoms with van der Waals surface area (Å²) in [5.74, 6) is 0.112. The van der Waals surface area contributed by atoms with Crippen LogP contribution in [0.5, 0.6) is 0 Å². The standard InChI is InChI=1S/C24H38O4/c1-7-27-22(25)19-10-8-9-18(2)13-15-24(5)16-14-20(21(24)12-11-19)23(3,4)28-17-26-6/h10,12,20H,2,7-9,11,13-17H2,1,3-6H3/b19-10+,21-12+/t20-,24-/m1/s1. The Morgan fingerprint density at radius 3 is 2.71 bits per heavy atom. The van der Waals surface area contributed by atoms with Gasteiger partial charge in [-0.05, 0) is 71.1 Å². The molecule has 0 bridgehead atoms. The zero-order valence-electron chi connectivity index (χ0n) is 18.4. The third-order valence-electron chi connectivity index (χ3n) is 6.44. The smallest absolute Gasteiger partial charge is 0.333 e. The highest BCUT2D eigenvalue weighted by molar-refractivity contribution is 5.88. The molecule has 4 heteroatoms. The van der Waals surface area contributed by atoms with Gasteiger partial charge in [-0.25, -0.2) is 4.79 Å². The number of carbonyl (C=O) groups is 1. The number of hydrogen-bond donors (Lipinski definition) is 0. The molecule has 0 unspecified atom stereocenters. The van der Waals surface area contributed by atoms with Crippen molar-refractivity contribution >= 4 is 5.97 Å². The van der Waals surface area contributed by atoms with Crippen molar-refractivity contribution < 1.29 is 19.0 Å². The minimum Gasteiger partial charge on any atom is -0.463 e. The molecule has 2 aliphatic rings. The number of esters is 1. The highest BCUT2D eigenvalue weighted by Crippen LogP contribution is 2.54. The van der Waals surface area contributed by atoms with Gasteiger partial charge in [-0.1, -0.05) is 36.8 Å². The number of allylic oxidation sites excluding steroid dienone is 3. The van der Waals surface area contributed by atoms with Crippen molar-refractivity contribution in [3.05, 3.63) is 35.5 Å². The van der Waals surface area contributed by atoms with Crippen LogP contribution in [0.3, 0.4) is 0 Å². The first-order valence-electron chi connectivity index (χ1n) is 10.6. The maximum atomic E-state index is 12.4. The quantitative estimate of drug-likeness (QED) is 0.330. The van der Waals surface area contributed by atoms with Crippen LogP contribution in [0.2, 0.25) is 0 Å². The van der Waals surface area contributed by atoms with Crippen LogP contribution in [0.25, 0.3) is 0 Å². The summed E-state index contributed by atoms with van der Waals surface area (Å²) < 4.78 is 16.5. The molecular weight excluding hydrogens is 352 g/mol. The van der Waals surface area contributed by atoms with Crippen molar-refractivity contribution in [2.75, 3.05) is 20.5 Å². The molecule has 2 aliphatic carbocycles. The van der Waals surface area contributed by atoms with Gasteiger partial charge in [-0.2, -0.15) is 0 Å². The Hall–Kier alpha value is -1.39. The van der Waals surface area contributed by atoms with Crippen LogP contribution in [0.4, 0.5) is 0 Å². The van der Waals surface area contributed by atoms with Crippen LogP contribution >= 0.6 is 0 Å². The van der Waals surface area contributed by atoms with Gasteiger partial charge in [0.25, 0.3) is 0 Å². The highest BCUT2D eigenvalue weighted by Gasteiger charge is 2.46. The predicted molar refractivity (Wildman–Crippen MR) is 113 cm³/mol. The fraction of sp³-hybridized carbons (Fsp3) is 0.708. The van der Waals surface area contributed by atoms with E-state index < -0.39 is 0 Å². The maximum Gasteiger partial charge on any atom is 0.333 e. The molecule has 0 saturated heterocycles. The molecular formula is C24H38O4. The number of fused-ring (bicyclic) bond motifs is 1. The third-order valence-corrected chi connectivity index (χ3v) is 6.44. The largest absolute Gasteiger partial charge is 0.463 e. The van der Waals surface area contributed by atoms with Crippen molar-refractivity contribution in [1.29, 1.82) is 0 Å². The van der Waals surface area contributed by atoms with E-state index in [1.807, 2.05) is 13.0 Å². The lowest BCUT2D eigenvalue weighted by molar-refractivity contribution is -0.138. The van der Waals surface area contributed by atoms with Crippen molar-refractivity contribution in [3.63, 3.8) is 0 Å². The van der Waals surface area contributed by atoms with E-state index in [0.29, 0.717) is 18.9 Å². The summed E-state index contributed by atoms with van der Waals surface area (Å²) >= 11 is 0. The lowest BCUT2D eigenvalue weighted by Crippen LogP contribution is -2.36. The molecule has 0 N–H and O–H groups in total. The summed E-state index contributed by atoms with van der Waals surface area (Å²) in [7, 11) is 1.66. The first kappa shape index (κ1) is 22.9. The Labute approximate surface area is 171 Å². The molecule has 0 heterocycles. The van der Waals surface area contributed by atoms with Crippen LogP contribution in [-0.4, -0.2) is 32.1 Å². The fourth-order valence-corrected chi connectivity index (χ4v) is 4.60. The van der Waals surface area contributed by atoms with Gasteiger partial charge >= 0.3 is 5.97 Å². The molecule has 0 aliphatic heterocycles. The Balaban J connectivity index is 2.37. The summed E-state index contributed by atoms with van der Waals surface area (Å²) in [6.45, 7) is 13.5. The zero-order chi connectivity index (χ0) is 20.8. The average molecular weight is 391 g/mol. The summed E-state index contributed by atoms with van der Waals surface area (Å²) in [5, 5.41) is 0. The van der Waals surface area contributed by atoms with Crippen LogP contribution in [0.1, 0.15) is 72.6 Å². The molecule has 0 radical (unpaired) electrons. The topological polar surface area (TPSA) is 44.8 Å². The van der Waals surface area contributed by atoms with E-state index in [4.69, 9.17) is 14.2 Å². The van der Waals surface area contributed by atoms with E-state index >= 15 is 0 Å². The molecule has 4 nitrogen and oxygen atoms in total. The number of rotatable bonds is 6. The lowest BCUT2D eigenvalue weighted by atomic mass is 9.74. The molecule has 2 rings (SSSR count). The Bertz CT molecular complexity index is 629. The van der Waals surface area contributed by atoms with Gasteiger partial charge in [0.05, 0.1) is 12.2 Å². The van der Waals surface area contributed by atoms with Gasteiger partial charge in [0.15, 0.2) is 0 Å². The van der Waals surface area contributed by atoms with E-state index in [1.165, 1.54) is 11.1 Å². The second kappa shape index (κ2) is 9.89. The summed E-state index contributed by atoms with van der Waals surface area (Å²) in [6, 6.07) is 0. The molecule has 28 heavy (non-hydrogen) atoms. The minimum atomic E-state index is -0.315. The molecule has 0 aromatic carbocycles. The van der Waals surface area contributed by atoms with E-state index in [2.05, 4.69) is 33.4 Å². The minimum absolute atomic E-state index is 0.116. The lowest BCUT2D eigenvalue weighted by Gasteiger charge is -2.36. The van der Waals surface area contributed by atoms with Crippen LogP contribution < -0.4 is 0 Å². The number of hydrogen-bond acceptors (Lipinski definition) is 4. The van der Waals surface area contributed by atoms with Gasteiger partial charge in [0, 0.05) is 18.6 Å². The summed E-state index contributed by atoms with van der Waals surface area (Å²) in [6.07, 6.45) is 11.1. The van der Waals surface area contributed by atoms with E-state index in [0.717, 1.165) is 44.1 Å². The van der Waals surface area contributed by atoms with Crippen molar-refractivity contribution in [3.8, 4) is 0 Å². The molecule has 2 atom stereocenters. The van der Waals surface area contributed by atoms with Crippen LogP contribution in [-0.2, 0) is 19.0 Å². The molecule has 0 spiro atoms. The second-order valence-corrected chi connectivity index (χ2v) is 8.91. The van der Waals surface area contributed by atoms with Gasteiger partial charge in [0.2, 0.25) is 0 Å². The summed E-state index contributed by atoms with van der Waals surface area (Å²) in [4.78, 5) is 12.4. The fourth-order valence-electron chi connectivity index (χ4n) is 4.60. The van der Waals surface area contributed by atoms with Gasteiger partial charge in [-0.15, -0.1) is 0 Å². The Morgan fingerprint density at radius 1 is 1.29 bits per heavy atom. The molecule has 158 valence electrons. The van der Waals surface area contributed by atoms with Crippen LogP contribution in [0.15, 0.2) is 35.5 Å². The van der Waals surface area contributed by atoms with Crippen molar-refractivity contribution in [2.24, 2.45) is 11.3 Å². The Morgan fingerprint density at radius 2 is 2.04 bits per heavy atom. The first-order valence-corrected chi connectivity index (χ1v) is 10.6. The number of carbonyl (C=O) groups excluding carboxylic acids is 1. The summed E-state index contributed by atoms with van der Waals surface area (Å²) in [5.41, 5.74) is 3.24. The number of ether oxygens (including phenoxy) is 3. The van der Waals surface area contributed by atoms with Gasteiger partial charge in [0.1, 0.15) is 6.79 Å². The van der Waals surface area contributed by atoms with Gasteiger partial charge in [-0.3, -0.25) is 0 Å². The highest BCUT2D eigenvalue weighted by atomic mass is 16.7.